The molecule has 1 amide bonds. The second-order valence-electron chi connectivity index (χ2n) is 10.2. The van der Waals surface area contributed by atoms with Crippen molar-refractivity contribution < 1.29 is 35.9 Å². The summed E-state index contributed by atoms with van der Waals surface area (Å²) in [6.45, 7) is 3.54. The summed E-state index contributed by atoms with van der Waals surface area (Å²) >= 11 is 0. The minimum atomic E-state index is -3.56. The number of sulfonamides is 1. The van der Waals surface area contributed by atoms with Crippen LogP contribution in [-0.2, 0) is 24.9 Å². The van der Waals surface area contributed by atoms with E-state index in [1.165, 1.54) is 17.3 Å². The second-order valence-corrected chi connectivity index (χ2v) is 12.0. The summed E-state index contributed by atoms with van der Waals surface area (Å²) in [6, 6.07) is -1.60. The Hall–Kier alpha value is -1.99. The number of halogens is 3. The normalized spacial score (nSPS) is 34.0. The molecule has 1 aliphatic heterocycles. The summed E-state index contributed by atoms with van der Waals surface area (Å²) in [5.74, 6) is 0.783. The summed E-state index contributed by atoms with van der Waals surface area (Å²) in [6.07, 6.45) is 1.98. The average molecular weight is 535 g/mol. The molecule has 2 heterocycles. The fraction of sp³-hybridized carbons (Fsp3) is 0.783. The third-order valence-electron chi connectivity index (χ3n) is 7.93. The van der Waals surface area contributed by atoms with Crippen LogP contribution in [0.15, 0.2) is 12.4 Å². The molecule has 1 N–H and O–H groups in total. The van der Waals surface area contributed by atoms with Crippen LogP contribution in [0.4, 0.5) is 18.0 Å². The first-order valence-corrected chi connectivity index (χ1v) is 14.1. The minimum Gasteiger partial charge on any atom is -0.449 e. The Morgan fingerprint density at radius 3 is 2.58 bits per heavy atom. The van der Waals surface area contributed by atoms with Gasteiger partial charge < -0.3 is 9.47 Å². The highest BCUT2D eigenvalue weighted by molar-refractivity contribution is 7.88. The predicted molar refractivity (Wildman–Crippen MR) is 123 cm³/mol. The number of nitrogens with one attached hydrogen (secondary N) is 1. The maximum absolute atomic E-state index is 13.3. The van der Waals surface area contributed by atoms with E-state index in [2.05, 4.69) is 21.6 Å². The Balaban J connectivity index is 1.40. The number of ether oxygens (including phenoxy) is 2. The quantitative estimate of drug-likeness (QED) is 0.519. The van der Waals surface area contributed by atoms with Gasteiger partial charge in [0.15, 0.2) is 5.82 Å². The second kappa shape index (κ2) is 10.4. The molecule has 202 valence electrons. The molecule has 0 radical (unpaired) electrons. The number of fused-ring (bicyclic) bond motifs is 1. The number of hydrogen-bond donors (Lipinski definition) is 1. The van der Waals surface area contributed by atoms with Gasteiger partial charge in [-0.2, -0.15) is 0 Å². The lowest BCUT2D eigenvalue weighted by atomic mass is 9.85. The van der Waals surface area contributed by atoms with Gasteiger partial charge in [0.2, 0.25) is 16.4 Å². The van der Waals surface area contributed by atoms with E-state index in [9.17, 15) is 26.4 Å². The van der Waals surface area contributed by atoms with Gasteiger partial charge in [0.05, 0.1) is 44.0 Å². The molecule has 3 fully saturated rings. The SMILES string of the molecule is C[C@@H]1C[C@H](NS(C)(=O)=O)[C@H](CO[C@H]2CC[C@]3(c4ncc(F)cn4)[C@H](C2)[C@@H]3C)N1C(=O)OCCC(F)F. The van der Waals surface area contributed by atoms with Crippen LogP contribution in [0.25, 0.3) is 0 Å². The van der Waals surface area contributed by atoms with Crippen molar-refractivity contribution in [2.75, 3.05) is 19.5 Å². The summed E-state index contributed by atoms with van der Waals surface area (Å²) in [5, 5.41) is 0. The van der Waals surface area contributed by atoms with Gasteiger partial charge in [0.25, 0.3) is 0 Å². The minimum absolute atomic E-state index is 0.0767. The van der Waals surface area contributed by atoms with E-state index in [-0.39, 0.29) is 30.1 Å². The molecule has 1 saturated heterocycles. The van der Waals surface area contributed by atoms with E-state index in [4.69, 9.17) is 9.47 Å². The molecule has 9 nitrogen and oxygen atoms in total. The van der Waals surface area contributed by atoms with Gasteiger partial charge in [-0.25, -0.2) is 41.1 Å². The van der Waals surface area contributed by atoms with Gasteiger partial charge in [-0.05, 0) is 44.4 Å². The number of amides is 1. The van der Waals surface area contributed by atoms with Crippen molar-refractivity contribution in [3.05, 3.63) is 24.0 Å². The van der Waals surface area contributed by atoms with Gasteiger partial charge in [-0.15, -0.1) is 0 Å². The van der Waals surface area contributed by atoms with Gasteiger partial charge >= 0.3 is 6.09 Å². The van der Waals surface area contributed by atoms with Crippen molar-refractivity contribution in [3.8, 4) is 0 Å². The van der Waals surface area contributed by atoms with E-state index < -0.39 is 53.5 Å². The fourth-order valence-corrected chi connectivity index (χ4v) is 6.96. The zero-order valence-corrected chi connectivity index (χ0v) is 21.4. The summed E-state index contributed by atoms with van der Waals surface area (Å²) in [7, 11) is -3.56. The topological polar surface area (TPSA) is 111 Å². The Morgan fingerprint density at radius 1 is 1.28 bits per heavy atom. The number of nitrogens with zero attached hydrogens (tertiary/aromatic N) is 3. The molecule has 0 aromatic carbocycles. The van der Waals surface area contributed by atoms with Crippen LogP contribution in [0.5, 0.6) is 0 Å². The van der Waals surface area contributed by atoms with E-state index >= 15 is 0 Å². The molecule has 2 aliphatic carbocycles. The maximum atomic E-state index is 13.3. The summed E-state index contributed by atoms with van der Waals surface area (Å²) in [4.78, 5) is 22.6. The standard InChI is InChI=1S/C23H33F3N4O5S/c1-13-8-18(29-36(3,32)33)19(30(13)22(31)34-7-5-20(25)26)12-35-16-4-6-23(14(2)17(23)9-16)21-27-10-15(24)11-28-21/h10-11,13-14,16-20,29H,4-9,12H2,1-3H3/t13-,14+,16+,17-,18+,19+,23-/m1/s1. The van der Waals surface area contributed by atoms with Crippen molar-refractivity contribution >= 4 is 16.1 Å². The van der Waals surface area contributed by atoms with Crippen LogP contribution in [0.2, 0.25) is 0 Å². The molecule has 0 bridgehead atoms. The molecular formula is C23H33F3N4O5S. The van der Waals surface area contributed by atoms with Gasteiger partial charge in [-0.1, -0.05) is 6.92 Å². The van der Waals surface area contributed by atoms with Crippen molar-refractivity contribution in [1.82, 2.24) is 19.6 Å². The molecule has 1 aromatic rings. The molecule has 1 aromatic heterocycles. The lowest BCUT2D eigenvalue weighted by Crippen LogP contribution is -2.50. The Morgan fingerprint density at radius 2 is 1.97 bits per heavy atom. The number of carbonyl (C=O) groups excluding carboxylic acids is 1. The van der Waals surface area contributed by atoms with Crippen LogP contribution in [0.3, 0.4) is 0 Å². The van der Waals surface area contributed by atoms with Crippen LogP contribution >= 0.6 is 0 Å². The fourth-order valence-electron chi connectivity index (χ4n) is 6.16. The van der Waals surface area contributed by atoms with Gasteiger partial charge in [-0.3, -0.25) is 4.90 Å². The van der Waals surface area contributed by atoms with Crippen LogP contribution in [0.1, 0.15) is 51.8 Å². The number of carbonyl (C=O) groups is 1. The Labute approximate surface area is 209 Å². The highest BCUT2D eigenvalue weighted by atomic mass is 32.2. The number of aromatic nitrogens is 2. The maximum Gasteiger partial charge on any atom is 0.410 e. The van der Waals surface area contributed by atoms with Crippen LogP contribution < -0.4 is 4.72 Å². The first-order chi connectivity index (χ1) is 16.9. The molecule has 36 heavy (non-hydrogen) atoms. The van der Waals surface area contributed by atoms with E-state index in [1.54, 1.807) is 6.92 Å². The van der Waals surface area contributed by atoms with Crippen molar-refractivity contribution in [2.24, 2.45) is 11.8 Å². The zero-order valence-electron chi connectivity index (χ0n) is 20.6. The van der Waals surface area contributed by atoms with Crippen LogP contribution in [-0.4, -0.2) is 79.5 Å². The van der Waals surface area contributed by atoms with Gasteiger partial charge in [0.1, 0.15) is 5.82 Å². The number of likely N-dealkylation sites (tertiary alicyclic amines) is 1. The molecule has 0 unspecified atom stereocenters. The van der Waals surface area contributed by atoms with E-state index in [1.807, 2.05) is 0 Å². The number of rotatable bonds is 9. The summed E-state index contributed by atoms with van der Waals surface area (Å²) in [5.41, 5.74) is -0.184. The summed E-state index contributed by atoms with van der Waals surface area (Å²) < 4.78 is 76.0. The molecule has 2 saturated carbocycles. The highest BCUT2D eigenvalue weighted by Crippen LogP contribution is 2.66. The monoisotopic (exact) mass is 534 g/mol. The van der Waals surface area contributed by atoms with Crippen molar-refractivity contribution in [2.45, 2.75) is 82.0 Å². The highest BCUT2D eigenvalue weighted by Gasteiger charge is 2.66. The Bertz CT molecular complexity index is 1050. The predicted octanol–water partition coefficient (Wildman–Crippen LogP) is 2.86. The third kappa shape index (κ3) is 5.62. The van der Waals surface area contributed by atoms with Crippen LogP contribution in [0, 0.1) is 17.7 Å². The average Bonchev–Trinajstić information content (AvgIpc) is 3.26. The van der Waals surface area contributed by atoms with Crippen molar-refractivity contribution in [3.63, 3.8) is 0 Å². The van der Waals surface area contributed by atoms with E-state index in [0.717, 1.165) is 19.1 Å². The molecule has 13 heteroatoms. The first-order valence-electron chi connectivity index (χ1n) is 12.2. The molecule has 0 spiro atoms. The lowest BCUT2D eigenvalue weighted by molar-refractivity contribution is -0.0134. The number of hydrogen-bond acceptors (Lipinski definition) is 7. The first kappa shape index (κ1) is 27.1. The molecule has 3 aliphatic rings. The lowest BCUT2D eigenvalue weighted by Gasteiger charge is -2.33. The third-order valence-corrected chi connectivity index (χ3v) is 8.67. The molecular weight excluding hydrogens is 501 g/mol. The van der Waals surface area contributed by atoms with Crippen molar-refractivity contribution in [1.29, 1.82) is 0 Å². The molecule has 4 rings (SSSR count). The zero-order chi connectivity index (χ0) is 26.3. The molecule has 7 atom stereocenters. The smallest absolute Gasteiger partial charge is 0.410 e. The van der Waals surface area contributed by atoms with E-state index in [0.29, 0.717) is 24.6 Å². The largest absolute Gasteiger partial charge is 0.449 e. The number of alkyl halides is 2. The Kier molecular flexibility index (Phi) is 7.82. The van der Waals surface area contributed by atoms with Gasteiger partial charge in [0, 0.05) is 23.9 Å².